The van der Waals surface area contributed by atoms with Crippen molar-refractivity contribution >= 4 is 17.7 Å². The highest BCUT2D eigenvalue weighted by molar-refractivity contribution is 6.10. The van der Waals surface area contributed by atoms with E-state index < -0.39 is 23.6 Å². The summed E-state index contributed by atoms with van der Waals surface area (Å²) in [6.07, 6.45) is 14.2. The van der Waals surface area contributed by atoms with Gasteiger partial charge < -0.3 is 15.2 Å². The number of cyclic esters (lactones) is 1. The lowest BCUT2D eigenvalue weighted by molar-refractivity contribution is -0.301. The lowest BCUT2D eigenvalue weighted by Crippen LogP contribution is -2.46. The number of allylic oxidation sites excluding steroid dienone is 2. The molecule has 0 bridgehead atoms. The number of amides is 1. The van der Waals surface area contributed by atoms with Crippen molar-refractivity contribution in [3.63, 3.8) is 0 Å². The van der Waals surface area contributed by atoms with Gasteiger partial charge in [-0.15, -0.1) is 0 Å². The molecule has 188 valence electrons. The van der Waals surface area contributed by atoms with Crippen LogP contribution in [0.3, 0.4) is 0 Å². The van der Waals surface area contributed by atoms with E-state index in [0.29, 0.717) is 11.8 Å². The number of rotatable bonds is 6. The van der Waals surface area contributed by atoms with E-state index in [1.165, 1.54) is 12.5 Å². The summed E-state index contributed by atoms with van der Waals surface area (Å²) in [7, 11) is 0. The van der Waals surface area contributed by atoms with Gasteiger partial charge in [0.2, 0.25) is 5.91 Å². The van der Waals surface area contributed by atoms with Gasteiger partial charge in [-0.2, -0.15) is 0 Å². The van der Waals surface area contributed by atoms with E-state index in [-0.39, 0.29) is 35.3 Å². The fourth-order valence-corrected chi connectivity index (χ4v) is 6.64. The van der Waals surface area contributed by atoms with Gasteiger partial charge in [0.05, 0.1) is 5.92 Å². The summed E-state index contributed by atoms with van der Waals surface area (Å²) in [5, 5.41) is 16.4. The van der Waals surface area contributed by atoms with Crippen LogP contribution in [0.2, 0.25) is 0 Å². The molecule has 1 saturated heterocycles. The Kier molecular flexibility index (Phi) is 8.15. The Morgan fingerprint density at radius 1 is 0.971 bits per heavy atom. The molecular formula is C28H40NO5-. The summed E-state index contributed by atoms with van der Waals surface area (Å²) >= 11 is 0. The number of fused-ring (bicyclic) bond motifs is 1. The predicted molar refractivity (Wildman–Crippen MR) is 127 cm³/mol. The molecule has 0 spiro atoms. The van der Waals surface area contributed by atoms with E-state index in [1.807, 2.05) is 6.08 Å². The van der Waals surface area contributed by atoms with Crippen molar-refractivity contribution in [2.75, 3.05) is 0 Å². The maximum Gasteiger partial charge on any atom is 0.309 e. The number of ketones is 1. The summed E-state index contributed by atoms with van der Waals surface area (Å²) in [4.78, 5) is 39.0. The van der Waals surface area contributed by atoms with E-state index in [9.17, 15) is 19.5 Å². The molecule has 6 heteroatoms. The topological polar surface area (TPSA) is 95.5 Å². The summed E-state index contributed by atoms with van der Waals surface area (Å²) < 4.78 is 5.65. The number of carbonyl (C=O) groups is 3. The second kappa shape index (κ2) is 11.1. The molecule has 0 aromatic rings. The third kappa shape index (κ3) is 5.58. The molecule has 0 aromatic heterocycles. The van der Waals surface area contributed by atoms with Gasteiger partial charge in [0.25, 0.3) is 0 Å². The average Bonchev–Trinajstić information content (AvgIpc) is 3.16. The fourth-order valence-electron chi connectivity index (χ4n) is 6.64. The number of ether oxygens (including phenoxy) is 1. The van der Waals surface area contributed by atoms with Gasteiger partial charge >= 0.3 is 5.97 Å². The number of nitrogens with one attached hydrogen (secondary N) is 1. The summed E-state index contributed by atoms with van der Waals surface area (Å²) in [5.74, 6) is -1.65. The number of esters is 1. The Morgan fingerprint density at radius 2 is 1.68 bits per heavy atom. The molecular weight excluding hydrogens is 430 g/mol. The molecule has 4 fully saturated rings. The highest BCUT2D eigenvalue weighted by Crippen LogP contribution is 2.43. The second-order valence-electron chi connectivity index (χ2n) is 11.3. The van der Waals surface area contributed by atoms with Crippen molar-refractivity contribution in [1.29, 1.82) is 0 Å². The van der Waals surface area contributed by atoms with Gasteiger partial charge in [0.15, 0.2) is 5.78 Å². The summed E-state index contributed by atoms with van der Waals surface area (Å²) in [6, 6.07) is -0.0738. The van der Waals surface area contributed by atoms with Crippen LogP contribution in [-0.4, -0.2) is 29.8 Å². The highest BCUT2D eigenvalue weighted by atomic mass is 16.6. The van der Waals surface area contributed by atoms with Crippen LogP contribution >= 0.6 is 0 Å². The first-order valence-electron chi connectivity index (χ1n) is 13.5. The van der Waals surface area contributed by atoms with Crippen LogP contribution in [0, 0.1) is 29.6 Å². The summed E-state index contributed by atoms with van der Waals surface area (Å²) in [5.41, 5.74) is -0.149. The average molecular weight is 471 g/mol. The monoisotopic (exact) mass is 470 g/mol. The molecule has 3 saturated carbocycles. The predicted octanol–water partition coefficient (Wildman–Crippen LogP) is 3.98. The normalized spacial score (nSPS) is 35.4. The zero-order valence-electron chi connectivity index (χ0n) is 20.7. The molecule has 0 aromatic carbocycles. The molecule has 1 amide bonds. The highest BCUT2D eigenvalue weighted by Gasteiger charge is 2.48. The van der Waals surface area contributed by atoms with Gasteiger partial charge in [-0.25, -0.2) is 0 Å². The fraction of sp³-hybridized carbons (Fsp3) is 0.750. The van der Waals surface area contributed by atoms with Crippen LogP contribution in [-0.2, 0) is 19.1 Å². The SMILES string of the molecule is CC1CCC(NC(=O)/C([O-])=C(/C(=O)/C=C/C2CCCCC2)C2OC(=O)C3CCCCC32)C(C)C1. The lowest BCUT2D eigenvalue weighted by atomic mass is 9.75. The Labute approximate surface area is 203 Å². The first-order chi connectivity index (χ1) is 16.3. The molecule has 4 rings (SSSR count). The van der Waals surface area contributed by atoms with E-state index in [0.717, 1.165) is 70.6 Å². The van der Waals surface area contributed by atoms with E-state index in [4.69, 9.17) is 4.74 Å². The Morgan fingerprint density at radius 3 is 2.41 bits per heavy atom. The minimum atomic E-state index is -0.914. The third-order valence-electron chi connectivity index (χ3n) is 8.67. The number of carbonyl (C=O) groups excluding carboxylic acids is 3. The van der Waals surface area contributed by atoms with Crippen LogP contribution < -0.4 is 10.4 Å². The Bertz CT molecular complexity index is 840. The molecule has 1 heterocycles. The van der Waals surface area contributed by atoms with Crippen molar-refractivity contribution in [2.45, 2.75) is 103 Å². The first kappa shape index (κ1) is 25.0. The zero-order chi connectivity index (χ0) is 24.2. The molecule has 6 atom stereocenters. The largest absolute Gasteiger partial charge is 0.868 e. The second-order valence-corrected chi connectivity index (χ2v) is 11.3. The van der Waals surface area contributed by atoms with Gasteiger partial charge in [-0.05, 0) is 74.5 Å². The van der Waals surface area contributed by atoms with Crippen LogP contribution in [0.1, 0.15) is 90.9 Å². The number of hydrogen-bond donors (Lipinski definition) is 1. The summed E-state index contributed by atoms with van der Waals surface area (Å²) in [6.45, 7) is 4.30. The van der Waals surface area contributed by atoms with Crippen LogP contribution in [0.4, 0.5) is 0 Å². The zero-order valence-corrected chi connectivity index (χ0v) is 20.7. The van der Waals surface area contributed by atoms with Crippen LogP contribution in [0.15, 0.2) is 23.5 Å². The first-order valence-corrected chi connectivity index (χ1v) is 13.5. The maximum absolute atomic E-state index is 13.5. The third-order valence-corrected chi connectivity index (χ3v) is 8.67. The molecule has 1 aliphatic heterocycles. The van der Waals surface area contributed by atoms with E-state index in [1.54, 1.807) is 0 Å². The van der Waals surface area contributed by atoms with Crippen molar-refractivity contribution in [3.8, 4) is 0 Å². The standard InChI is InChI=1S/C28H41NO5/c1-17-12-14-22(18(2)16-17)29-27(32)25(31)24(23(30)15-13-19-8-4-3-5-9-19)26-20-10-6-7-11-21(20)28(33)34-26/h13,15,17-22,26,31H,3-12,14,16H2,1-2H3,(H,29,32)/p-1/b15-13+,25-24+. The Balaban J connectivity index is 1.58. The molecule has 6 nitrogen and oxygen atoms in total. The molecule has 6 unspecified atom stereocenters. The molecule has 0 radical (unpaired) electrons. The van der Waals surface area contributed by atoms with Crippen LogP contribution in [0.5, 0.6) is 0 Å². The molecule has 34 heavy (non-hydrogen) atoms. The van der Waals surface area contributed by atoms with Crippen molar-refractivity contribution in [3.05, 3.63) is 23.5 Å². The number of hydrogen-bond acceptors (Lipinski definition) is 5. The lowest BCUT2D eigenvalue weighted by Gasteiger charge is -2.34. The van der Waals surface area contributed by atoms with Gasteiger partial charge in [-0.3, -0.25) is 14.4 Å². The quantitative estimate of drug-likeness (QED) is 0.360. The van der Waals surface area contributed by atoms with Crippen LogP contribution in [0.25, 0.3) is 0 Å². The smallest absolute Gasteiger partial charge is 0.309 e. The van der Waals surface area contributed by atoms with E-state index >= 15 is 0 Å². The maximum atomic E-state index is 13.5. The van der Waals surface area contributed by atoms with Crippen molar-refractivity contribution < 1.29 is 24.2 Å². The molecule has 4 aliphatic rings. The minimum Gasteiger partial charge on any atom is -0.868 e. The van der Waals surface area contributed by atoms with Gasteiger partial charge in [0.1, 0.15) is 6.10 Å². The minimum absolute atomic E-state index is 0.0738. The molecule has 3 aliphatic carbocycles. The van der Waals surface area contributed by atoms with Crippen molar-refractivity contribution in [1.82, 2.24) is 5.32 Å². The van der Waals surface area contributed by atoms with Crippen molar-refractivity contribution in [2.24, 2.45) is 29.6 Å². The Hall–Kier alpha value is -2.11. The van der Waals surface area contributed by atoms with Gasteiger partial charge in [-0.1, -0.05) is 52.0 Å². The molecule has 1 N–H and O–H groups in total. The van der Waals surface area contributed by atoms with Gasteiger partial charge in [0, 0.05) is 17.5 Å². The van der Waals surface area contributed by atoms with E-state index in [2.05, 4.69) is 19.2 Å².